The number of hydrogen-bond acceptors (Lipinski definition) is 5. The fraction of sp³-hybridized carbons (Fsp3) is 0.800. The first-order chi connectivity index (χ1) is 7.53. The van der Waals surface area contributed by atoms with Gasteiger partial charge >= 0.3 is 0 Å². The molecule has 0 aliphatic rings. The van der Waals surface area contributed by atoms with E-state index in [-0.39, 0.29) is 0 Å². The lowest BCUT2D eigenvalue weighted by Gasteiger charge is -2.22. The molecule has 6 heteroatoms. The Bertz CT molecular complexity index is 312. The van der Waals surface area contributed by atoms with Crippen molar-refractivity contribution in [2.24, 2.45) is 7.05 Å². The first kappa shape index (κ1) is 13.1. The quantitative estimate of drug-likeness (QED) is 0.670. The second kappa shape index (κ2) is 5.93. The number of aromatic nitrogens is 3. The molecule has 0 radical (unpaired) electrons. The van der Waals surface area contributed by atoms with Crippen molar-refractivity contribution in [1.82, 2.24) is 20.3 Å². The number of aryl methyl sites for hydroxylation is 1. The van der Waals surface area contributed by atoms with Gasteiger partial charge in [0.15, 0.2) is 0 Å². The summed E-state index contributed by atoms with van der Waals surface area (Å²) in [4.78, 5) is 0. The number of nitrogens with one attached hydrogen (secondary N) is 1. The molecule has 0 aromatic carbocycles. The fourth-order valence-corrected chi connectivity index (χ4v) is 1.35. The molecule has 1 rings (SSSR count). The predicted molar refractivity (Wildman–Crippen MR) is 59.8 cm³/mol. The van der Waals surface area contributed by atoms with Crippen LogP contribution in [0.1, 0.15) is 19.0 Å². The summed E-state index contributed by atoms with van der Waals surface area (Å²) in [5.74, 6) is 0. The molecule has 0 saturated carbocycles. The van der Waals surface area contributed by atoms with E-state index in [9.17, 15) is 5.11 Å². The monoisotopic (exact) mass is 228 g/mol. The minimum absolute atomic E-state index is 0.507. The van der Waals surface area contributed by atoms with Crippen LogP contribution in [0.2, 0.25) is 0 Å². The Morgan fingerprint density at radius 2 is 2.38 bits per heavy atom. The molecule has 16 heavy (non-hydrogen) atoms. The van der Waals surface area contributed by atoms with E-state index < -0.39 is 5.60 Å². The minimum atomic E-state index is -0.752. The Hall–Kier alpha value is -0.980. The molecule has 0 aliphatic carbocycles. The van der Waals surface area contributed by atoms with Crippen LogP contribution in [0, 0.1) is 0 Å². The van der Waals surface area contributed by atoms with E-state index >= 15 is 0 Å². The molecule has 1 heterocycles. The normalized spacial score (nSPS) is 15.0. The highest BCUT2D eigenvalue weighted by Gasteiger charge is 2.19. The standard InChI is InChI=1S/C10H20N4O2/c1-10(15,4-5-16-3)8-11-6-9-7-14(2)13-12-9/h7,11,15H,4-6,8H2,1-3H3. The third-order valence-corrected chi connectivity index (χ3v) is 2.31. The lowest BCUT2D eigenvalue weighted by Crippen LogP contribution is -2.38. The number of methoxy groups -OCH3 is 1. The Morgan fingerprint density at radius 3 is 2.94 bits per heavy atom. The van der Waals surface area contributed by atoms with Gasteiger partial charge in [-0.3, -0.25) is 4.68 Å². The Balaban J connectivity index is 2.24. The van der Waals surface area contributed by atoms with E-state index in [1.54, 1.807) is 18.7 Å². The Kier molecular flexibility index (Phi) is 4.85. The van der Waals surface area contributed by atoms with Crippen LogP contribution in [0.15, 0.2) is 6.20 Å². The van der Waals surface area contributed by atoms with Crippen molar-refractivity contribution in [3.05, 3.63) is 11.9 Å². The van der Waals surface area contributed by atoms with Crippen molar-refractivity contribution in [2.75, 3.05) is 20.3 Å². The van der Waals surface area contributed by atoms with Gasteiger partial charge in [-0.2, -0.15) is 0 Å². The second-order valence-corrected chi connectivity index (χ2v) is 4.23. The van der Waals surface area contributed by atoms with Gasteiger partial charge in [-0.15, -0.1) is 5.10 Å². The van der Waals surface area contributed by atoms with Crippen LogP contribution in [0.5, 0.6) is 0 Å². The van der Waals surface area contributed by atoms with Gasteiger partial charge in [0.1, 0.15) is 0 Å². The maximum absolute atomic E-state index is 9.95. The van der Waals surface area contributed by atoms with Crippen LogP contribution < -0.4 is 5.32 Å². The average Bonchev–Trinajstić information content (AvgIpc) is 2.61. The Labute approximate surface area is 95.6 Å². The molecule has 2 N–H and O–H groups in total. The molecular formula is C10H20N4O2. The lowest BCUT2D eigenvalue weighted by molar-refractivity contribution is 0.0247. The summed E-state index contributed by atoms with van der Waals surface area (Å²) >= 11 is 0. The molecule has 0 amide bonds. The average molecular weight is 228 g/mol. The topological polar surface area (TPSA) is 72.2 Å². The maximum Gasteiger partial charge on any atom is 0.0964 e. The van der Waals surface area contributed by atoms with Crippen molar-refractivity contribution >= 4 is 0 Å². The van der Waals surface area contributed by atoms with Crippen molar-refractivity contribution in [2.45, 2.75) is 25.5 Å². The van der Waals surface area contributed by atoms with Crippen LogP contribution in [0.3, 0.4) is 0 Å². The smallest absolute Gasteiger partial charge is 0.0964 e. The summed E-state index contributed by atoms with van der Waals surface area (Å²) in [5, 5.41) is 20.9. The SMILES string of the molecule is COCCC(C)(O)CNCc1cn(C)nn1. The van der Waals surface area contributed by atoms with Crippen LogP contribution in [-0.4, -0.2) is 46.0 Å². The highest BCUT2D eigenvalue weighted by Crippen LogP contribution is 2.07. The van der Waals surface area contributed by atoms with Gasteiger partial charge in [-0.1, -0.05) is 5.21 Å². The molecule has 1 unspecified atom stereocenters. The van der Waals surface area contributed by atoms with Crippen LogP contribution in [-0.2, 0) is 18.3 Å². The van der Waals surface area contributed by atoms with Crippen LogP contribution in [0.4, 0.5) is 0 Å². The summed E-state index contributed by atoms with van der Waals surface area (Å²) in [6, 6.07) is 0. The van der Waals surface area contributed by atoms with E-state index in [0.717, 1.165) is 5.69 Å². The summed E-state index contributed by atoms with van der Waals surface area (Å²) in [6.45, 7) is 3.46. The molecule has 0 saturated heterocycles. The number of aliphatic hydroxyl groups is 1. The molecule has 0 fully saturated rings. The molecule has 6 nitrogen and oxygen atoms in total. The molecule has 0 bridgehead atoms. The molecule has 0 aliphatic heterocycles. The lowest BCUT2D eigenvalue weighted by atomic mass is 10.0. The number of rotatable bonds is 7. The summed E-state index contributed by atoms with van der Waals surface area (Å²) in [7, 11) is 3.45. The van der Waals surface area contributed by atoms with Gasteiger partial charge in [0.05, 0.1) is 11.3 Å². The minimum Gasteiger partial charge on any atom is -0.389 e. The van der Waals surface area contributed by atoms with E-state index in [2.05, 4.69) is 15.6 Å². The summed E-state index contributed by atoms with van der Waals surface area (Å²) in [6.07, 6.45) is 2.45. The van der Waals surface area contributed by atoms with Crippen molar-refractivity contribution in [3.63, 3.8) is 0 Å². The van der Waals surface area contributed by atoms with Gasteiger partial charge in [-0.05, 0) is 6.92 Å². The molecule has 92 valence electrons. The third kappa shape index (κ3) is 4.69. The van der Waals surface area contributed by atoms with Crippen molar-refractivity contribution < 1.29 is 9.84 Å². The highest BCUT2D eigenvalue weighted by atomic mass is 16.5. The third-order valence-electron chi connectivity index (χ3n) is 2.31. The largest absolute Gasteiger partial charge is 0.389 e. The molecule has 1 aromatic heterocycles. The zero-order valence-corrected chi connectivity index (χ0v) is 10.1. The van der Waals surface area contributed by atoms with Crippen LogP contribution >= 0.6 is 0 Å². The highest BCUT2D eigenvalue weighted by molar-refractivity contribution is 4.91. The molecular weight excluding hydrogens is 208 g/mol. The molecule has 1 atom stereocenters. The predicted octanol–water partition coefficient (Wildman–Crippen LogP) is -0.308. The van der Waals surface area contributed by atoms with Gasteiger partial charge in [0, 0.05) is 46.5 Å². The number of ether oxygens (including phenoxy) is 1. The zero-order valence-electron chi connectivity index (χ0n) is 10.1. The first-order valence-electron chi connectivity index (χ1n) is 5.31. The van der Waals surface area contributed by atoms with E-state index in [4.69, 9.17) is 4.74 Å². The number of hydrogen-bond donors (Lipinski definition) is 2. The Morgan fingerprint density at radius 1 is 1.62 bits per heavy atom. The van der Waals surface area contributed by atoms with Gasteiger partial charge < -0.3 is 15.2 Å². The molecule has 0 spiro atoms. The first-order valence-corrected chi connectivity index (χ1v) is 5.31. The zero-order chi connectivity index (χ0) is 12.0. The van der Waals surface area contributed by atoms with Gasteiger partial charge in [0.2, 0.25) is 0 Å². The molecule has 1 aromatic rings. The maximum atomic E-state index is 9.95. The summed E-state index contributed by atoms with van der Waals surface area (Å²) in [5.41, 5.74) is 0.114. The van der Waals surface area contributed by atoms with E-state index in [1.807, 2.05) is 13.2 Å². The second-order valence-electron chi connectivity index (χ2n) is 4.23. The van der Waals surface area contributed by atoms with Crippen LogP contribution in [0.25, 0.3) is 0 Å². The van der Waals surface area contributed by atoms with Crippen molar-refractivity contribution in [3.8, 4) is 0 Å². The fourth-order valence-electron chi connectivity index (χ4n) is 1.35. The van der Waals surface area contributed by atoms with Gasteiger partial charge in [-0.25, -0.2) is 0 Å². The number of nitrogens with zero attached hydrogens (tertiary/aromatic N) is 3. The van der Waals surface area contributed by atoms with Crippen molar-refractivity contribution in [1.29, 1.82) is 0 Å². The van der Waals surface area contributed by atoms with E-state index in [0.29, 0.717) is 26.1 Å². The summed E-state index contributed by atoms with van der Waals surface area (Å²) < 4.78 is 6.59. The van der Waals surface area contributed by atoms with Gasteiger partial charge in [0.25, 0.3) is 0 Å². The van der Waals surface area contributed by atoms with E-state index in [1.165, 1.54) is 0 Å².